The van der Waals surface area contributed by atoms with Crippen LogP contribution in [0.1, 0.15) is 30.6 Å². The number of anilines is 1. The van der Waals surface area contributed by atoms with Crippen molar-refractivity contribution in [2.45, 2.75) is 33.0 Å². The number of fused-ring (bicyclic) bond motifs is 3. The molecule has 7 nitrogen and oxygen atoms in total. The average molecular weight is 440 g/mol. The molecule has 166 valence electrons. The molecule has 0 fully saturated rings. The van der Waals surface area contributed by atoms with Gasteiger partial charge in [-0.05, 0) is 55.8 Å². The number of ether oxygens (including phenoxy) is 1. The lowest BCUT2D eigenvalue weighted by molar-refractivity contribution is 0.102. The lowest BCUT2D eigenvalue weighted by Crippen LogP contribution is -2.12. The van der Waals surface area contributed by atoms with Crippen molar-refractivity contribution in [3.05, 3.63) is 72.3 Å². The highest BCUT2D eigenvalue weighted by atomic mass is 16.5. The summed E-state index contributed by atoms with van der Waals surface area (Å²) in [6.07, 6.45) is 0.734. The molecule has 0 radical (unpaired) electrons. The number of aliphatic imine (C=N–C) groups is 1. The minimum Gasteiger partial charge on any atom is -0.486 e. The summed E-state index contributed by atoms with van der Waals surface area (Å²) in [6, 6.07) is 21.5. The minimum absolute atomic E-state index is 0.0903. The Hall–Kier alpha value is -4.00. The molecule has 0 spiro atoms. The quantitative estimate of drug-likeness (QED) is 0.381. The Bertz CT molecular complexity index is 1390. The van der Waals surface area contributed by atoms with Gasteiger partial charge in [-0.25, -0.2) is 4.99 Å². The van der Waals surface area contributed by atoms with E-state index in [2.05, 4.69) is 62.4 Å². The van der Waals surface area contributed by atoms with Crippen molar-refractivity contribution in [3.63, 3.8) is 0 Å². The molecule has 7 heteroatoms. The lowest BCUT2D eigenvalue weighted by atomic mass is 10.1. The third kappa shape index (κ3) is 4.09. The fraction of sp³-hybridized carbons (Fsp3) is 0.231. The van der Waals surface area contributed by atoms with Gasteiger partial charge in [0.2, 0.25) is 0 Å². The number of amides is 1. The van der Waals surface area contributed by atoms with Gasteiger partial charge in [0.1, 0.15) is 12.4 Å². The molecule has 0 bridgehead atoms. The first kappa shape index (κ1) is 20.9. The van der Waals surface area contributed by atoms with E-state index in [1.807, 2.05) is 19.1 Å². The zero-order valence-corrected chi connectivity index (χ0v) is 18.7. The zero-order valence-electron chi connectivity index (χ0n) is 18.7. The van der Waals surface area contributed by atoms with Gasteiger partial charge < -0.3 is 14.6 Å². The first-order chi connectivity index (χ1) is 16.2. The molecule has 1 aliphatic heterocycles. The van der Waals surface area contributed by atoms with Crippen LogP contribution in [0.2, 0.25) is 0 Å². The Kier molecular flexibility index (Phi) is 5.60. The Balaban J connectivity index is 1.29. The van der Waals surface area contributed by atoms with E-state index in [-0.39, 0.29) is 18.7 Å². The number of amidine groups is 1. The summed E-state index contributed by atoms with van der Waals surface area (Å²) in [7, 11) is 0. The number of hydrogen-bond acceptors (Lipinski definition) is 5. The van der Waals surface area contributed by atoms with E-state index in [1.54, 1.807) is 24.3 Å². The largest absolute Gasteiger partial charge is 0.486 e. The van der Waals surface area contributed by atoms with Gasteiger partial charge in [-0.2, -0.15) is 5.11 Å². The van der Waals surface area contributed by atoms with Crippen LogP contribution >= 0.6 is 0 Å². The molecule has 1 aliphatic rings. The summed E-state index contributed by atoms with van der Waals surface area (Å²) in [5, 5.41) is 13.5. The predicted octanol–water partition coefficient (Wildman–Crippen LogP) is 6.05. The third-order valence-electron chi connectivity index (χ3n) is 5.80. The minimum atomic E-state index is -0.167. The Morgan fingerprint density at radius 3 is 2.55 bits per heavy atom. The normalized spacial score (nSPS) is 15.2. The van der Waals surface area contributed by atoms with E-state index in [9.17, 15) is 4.79 Å². The number of carbonyl (C=O) groups is 1. The number of aryl methyl sites for hydroxylation is 1. The molecular formula is C26H25N5O2. The van der Waals surface area contributed by atoms with Crippen LogP contribution in [0, 0.1) is 0 Å². The molecule has 1 unspecified atom stereocenters. The second-order valence-electron chi connectivity index (χ2n) is 7.91. The van der Waals surface area contributed by atoms with Crippen molar-refractivity contribution in [1.29, 1.82) is 0 Å². The van der Waals surface area contributed by atoms with E-state index in [0.29, 0.717) is 17.1 Å². The smallest absolute Gasteiger partial charge is 0.255 e. The summed E-state index contributed by atoms with van der Waals surface area (Å²) in [4.78, 5) is 17.2. The van der Waals surface area contributed by atoms with Crippen molar-refractivity contribution in [3.8, 4) is 5.75 Å². The number of benzene rings is 3. The van der Waals surface area contributed by atoms with Crippen LogP contribution in [0.3, 0.4) is 0 Å². The maximum atomic E-state index is 12.8. The molecule has 5 rings (SSSR count). The first-order valence-electron chi connectivity index (χ1n) is 11.2. The fourth-order valence-corrected chi connectivity index (χ4v) is 4.12. The van der Waals surface area contributed by atoms with E-state index in [0.717, 1.165) is 24.2 Å². The van der Waals surface area contributed by atoms with Crippen molar-refractivity contribution in [2.75, 3.05) is 11.9 Å². The number of aromatic nitrogens is 1. The Morgan fingerprint density at radius 2 is 1.79 bits per heavy atom. The van der Waals surface area contributed by atoms with Crippen LogP contribution in [0.25, 0.3) is 21.8 Å². The van der Waals surface area contributed by atoms with Gasteiger partial charge in [-0.1, -0.05) is 31.2 Å². The lowest BCUT2D eigenvalue weighted by Gasteiger charge is -2.09. The molecule has 1 atom stereocenters. The van der Waals surface area contributed by atoms with Crippen LogP contribution < -0.4 is 10.1 Å². The van der Waals surface area contributed by atoms with Crippen LogP contribution in [0.4, 0.5) is 5.69 Å². The summed E-state index contributed by atoms with van der Waals surface area (Å²) < 4.78 is 7.99. The van der Waals surface area contributed by atoms with Gasteiger partial charge >= 0.3 is 0 Å². The monoisotopic (exact) mass is 439 g/mol. The molecule has 4 aromatic rings. The van der Waals surface area contributed by atoms with Crippen LogP contribution in [0.5, 0.6) is 5.75 Å². The Morgan fingerprint density at radius 1 is 1.00 bits per heavy atom. The van der Waals surface area contributed by atoms with Crippen molar-refractivity contribution >= 4 is 39.2 Å². The molecule has 1 amide bonds. The maximum absolute atomic E-state index is 12.8. The van der Waals surface area contributed by atoms with Crippen LogP contribution in [-0.4, -0.2) is 29.1 Å². The molecule has 3 aromatic carbocycles. The number of azo groups is 1. The van der Waals surface area contributed by atoms with Crippen molar-refractivity contribution in [2.24, 2.45) is 15.2 Å². The summed E-state index contributed by atoms with van der Waals surface area (Å²) in [6.45, 7) is 5.26. The highest BCUT2D eigenvalue weighted by Gasteiger charge is 2.14. The number of rotatable bonds is 7. The average Bonchev–Trinajstić information content (AvgIpc) is 3.44. The first-order valence-corrected chi connectivity index (χ1v) is 11.2. The molecule has 1 aromatic heterocycles. The molecule has 0 saturated carbocycles. The maximum Gasteiger partial charge on any atom is 0.255 e. The summed E-state index contributed by atoms with van der Waals surface area (Å²) in [5.74, 6) is 1.07. The van der Waals surface area contributed by atoms with Crippen molar-refractivity contribution < 1.29 is 9.53 Å². The zero-order chi connectivity index (χ0) is 22.8. The number of carbonyl (C=O) groups excluding carboxylic acids is 1. The molecule has 2 heterocycles. The summed E-state index contributed by atoms with van der Waals surface area (Å²) in [5.41, 5.74) is 3.63. The van der Waals surface area contributed by atoms with E-state index in [1.165, 1.54) is 16.3 Å². The number of para-hydroxylation sites is 1. The molecule has 1 N–H and O–H groups in total. The van der Waals surface area contributed by atoms with E-state index in [4.69, 9.17) is 4.74 Å². The third-order valence-corrected chi connectivity index (χ3v) is 5.80. The molecule has 33 heavy (non-hydrogen) atoms. The summed E-state index contributed by atoms with van der Waals surface area (Å²) >= 11 is 0. The van der Waals surface area contributed by atoms with Gasteiger partial charge in [0, 0.05) is 34.1 Å². The van der Waals surface area contributed by atoms with Crippen molar-refractivity contribution in [1.82, 2.24) is 4.57 Å². The fourth-order valence-electron chi connectivity index (χ4n) is 4.12. The predicted molar refractivity (Wildman–Crippen MR) is 131 cm³/mol. The second-order valence-corrected chi connectivity index (χ2v) is 7.91. The standard InChI is InChI=1S/C26H25N5O2/c1-3-24-28-25(30-29-24)16-33-19-12-9-17(10-13-19)26(32)27-18-11-14-21-20-7-5-6-8-22(20)31(4-2)23(21)15-18/h5-15,24H,3-4,16H2,1-2H3,(H,27,32). The van der Waals surface area contributed by atoms with Gasteiger partial charge in [-0.15, -0.1) is 5.11 Å². The molecular weight excluding hydrogens is 414 g/mol. The van der Waals surface area contributed by atoms with E-state index < -0.39 is 0 Å². The molecule has 0 saturated heterocycles. The van der Waals surface area contributed by atoms with Gasteiger partial charge in [0.15, 0.2) is 12.0 Å². The van der Waals surface area contributed by atoms with Gasteiger partial charge in [0.05, 0.1) is 5.52 Å². The highest BCUT2D eigenvalue weighted by molar-refractivity contribution is 6.10. The van der Waals surface area contributed by atoms with Crippen LogP contribution in [-0.2, 0) is 6.54 Å². The molecule has 0 aliphatic carbocycles. The van der Waals surface area contributed by atoms with E-state index >= 15 is 0 Å². The van der Waals surface area contributed by atoms with Gasteiger partial charge in [-0.3, -0.25) is 4.79 Å². The second kappa shape index (κ2) is 8.86. The SMILES string of the molecule is CCC1N=NC(COc2ccc(C(=O)Nc3ccc4c5ccccc5n(CC)c4c3)cc2)=N1. The van der Waals surface area contributed by atoms with Gasteiger partial charge in [0.25, 0.3) is 5.91 Å². The number of nitrogens with zero attached hydrogens (tertiary/aromatic N) is 4. The highest BCUT2D eigenvalue weighted by Crippen LogP contribution is 2.31. The number of nitrogens with one attached hydrogen (secondary N) is 1. The topological polar surface area (TPSA) is 80.3 Å². The number of hydrogen-bond donors (Lipinski definition) is 1. The van der Waals surface area contributed by atoms with Crippen LogP contribution in [0.15, 0.2) is 82.0 Å². The Labute approximate surface area is 191 Å².